The number of carboxylic acid groups (broad SMARTS) is 1. The van der Waals surface area contributed by atoms with Crippen LogP contribution in [0.5, 0.6) is 0 Å². The quantitative estimate of drug-likeness (QED) is 0.889. The zero-order valence-corrected chi connectivity index (χ0v) is 16.3. The van der Waals surface area contributed by atoms with E-state index in [1.54, 1.807) is 10.9 Å². The Balaban J connectivity index is 1.67. The van der Waals surface area contributed by atoms with Crippen molar-refractivity contribution in [3.8, 4) is 0 Å². The van der Waals surface area contributed by atoms with Gasteiger partial charge in [-0.2, -0.15) is 5.10 Å². The van der Waals surface area contributed by atoms with Gasteiger partial charge < -0.3 is 10.0 Å². The number of piperidine rings is 1. The molecule has 1 aliphatic heterocycles. The Morgan fingerprint density at radius 1 is 1.27 bits per heavy atom. The number of thiazole rings is 1. The summed E-state index contributed by atoms with van der Waals surface area (Å²) in [7, 11) is 0. The fraction of sp³-hybridized carbons (Fsp3) is 0.556. The van der Waals surface area contributed by atoms with E-state index in [0.29, 0.717) is 13.1 Å². The number of amides is 1. The number of aryl methyl sites for hydroxylation is 1. The van der Waals surface area contributed by atoms with Crippen LogP contribution in [-0.4, -0.2) is 49.7 Å². The second-order valence-corrected chi connectivity index (χ2v) is 8.72. The summed E-state index contributed by atoms with van der Waals surface area (Å²) in [5, 5.41) is 14.1. The monoisotopic (exact) mass is 376 g/mol. The van der Waals surface area contributed by atoms with E-state index in [4.69, 9.17) is 5.11 Å². The Morgan fingerprint density at radius 2 is 1.92 bits per heavy atom. The van der Waals surface area contributed by atoms with Gasteiger partial charge in [0.25, 0.3) is 5.91 Å². The third kappa shape index (κ3) is 3.65. The van der Waals surface area contributed by atoms with Crippen LogP contribution in [-0.2, 0) is 5.41 Å². The maximum Gasteiger partial charge on any atom is 0.338 e. The van der Waals surface area contributed by atoms with Gasteiger partial charge >= 0.3 is 5.97 Å². The van der Waals surface area contributed by atoms with Gasteiger partial charge in [0.15, 0.2) is 0 Å². The highest BCUT2D eigenvalue weighted by Gasteiger charge is 2.29. The highest BCUT2D eigenvalue weighted by Crippen LogP contribution is 2.31. The Labute approximate surface area is 156 Å². The van der Waals surface area contributed by atoms with Gasteiger partial charge in [0.1, 0.15) is 4.88 Å². The van der Waals surface area contributed by atoms with Crippen LogP contribution in [0.25, 0.3) is 0 Å². The van der Waals surface area contributed by atoms with Gasteiger partial charge in [0, 0.05) is 24.7 Å². The molecule has 0 radical (unpaired) electrons. The molecule has 0 atom stereocenters. The first-order chi connectivity index (χ1) is 12.2. The lowest BCUT2D eigenvalue weighted by Crippen LogP contribution is -2.39. The van der Waals surface area contributed by atoms with Crippen molar-refractivity contribution in [1.82, 2.24) is 19.7 Å². The maximum absolute atomic E-state index is 12.9. The number of nitrogens with zero attached hydrogens (tertiary/aromatic N) is 4. The molecule has 3 heterocycles. The molecule has 140 valence electrons. The van der Waals surface area contributed by atoms with Gasteiger partial charge in [-0.3, -0.25) is 9.48 Å². The summed E-state index contributed by atoms with van der Waals surface area (Å²) in [6.07, 6.45) is 4.45. The third-order valence-electron chi connectivity index (χ3n) is 4.61. The van der Waals surface area contributed by atoms with E-state index >= 15 is 0 Å². The first-order valence-electron chi connectivity index (χ1n) is 8.71. The van der Waals surface area contributed by atoms with Crippen molar-refractivity contribution in [3.05, 3.63) is 33.5 Å². The molecule has 3 rings (SSSR count). The van der Waals surface area contributed by atoms with Crippen molar-refractivity contribution in [2.45, 2.75) is 52.0 Å². The molecule has 1 saturated heterocycles. The van der Waals surface area contributed by atoms with Crippen molar-refractivity contribution in [2.24, 2.45) is 0 Å². The zero-order chi connectivity index (χ0) is 19.1. The van der Waals surface area contributed by atoms with Gasteiger partial charge in [-0.05, 0) is 19.8 Å². The molecule has 2 aromatic heterocycles. The lowest BCUT2D eigenvalue weighted by atomic mass is 9.98. The standard InChI is InChI=1S/C18H24N4O3S/c1-11-14(26-17(20-11)18(2,3)4)15(23)21-7-5-13(6-8-21)22-10-12(9-19-22)16(24)25/h9-10,13H,5-8H2,1-4H3,(H,24,25). The molecule has 7 nitrogen and oxygen atoms in total. The molecule has 0 bridgehead atoms. The highest BCUT2D eigenvalue weighted by molar-refractivity contribution is 7.14. The van der Waals surface area contributed by atoms with Crippen LogP contribution in [0.2, 0.25) is 0 Å². The summed E-state index contributed by atoms with van der Waals surface area (Å²) < 4.78 is 1.71. The number of carbonyl (C=O) groups excluding carboxylic acids is 1. The van der Waals surface area contributed by atoms with Crippen molar-refractivity contribution >= 4 is 23.2 Å². The highest BCUT2D eigenvalue weighted by atomic mass is 32.1. The summed E-state index contributed by atoms with van der Waals surface area (Å²) in [5.41, 5.74) is 0.923. The second kappa shape index (κ2) is 6.83. The number of likely N-dealkylation sites (tertiary alicyclic amines) is 1. The topological polar surface area (TPSA) is 88.3 Å². The van der Waals surface area contributed by atoms with Crippen LogP contribution in [0.15, 0.2) is 12.4 Å². The molecule has 2 aromatic rings. The smallest absolute Gasteiger partial charge is 0.338 e. The summed E-state index contributed by atoms with van der Waals surface area (Å²) in [5.74, 6) is -0.931. The number of rotatable bonds is 3. The Bertz CT molecular complexity index is 826. The fourth-order valence-corrected chi connectivity index (χ4v) is 4.13. The van der Waals surface area contributed by atoms with Gasteiger partial charge in [-0.25, -0.2) is 9.78 Å². The molecule has 1 amide bonds. The lowest BCUT2D eigenvalue weighted by molar-refractivity contribution is 0.0691. The number of carbonyl (C=O) groups is 2. The molecule has 1 fully saturated rings. The number of hydrogen-bond donors (Lipinski definition) is 1. The first-order valence-corrected chi connectivity index (χ1v) is 9.53. The molecule has 1 N–H and O–H groups in total. The summed E-state index contributed by atoms with van der Waals surface area (Å²) in [6.45, 7) is 9.45. The molecular formula is C18H24N4O3S. The average Bonchev–Trinajstić information content (AvgIpc) is 3.21. The van der Waals surface area contributed by atoms with Crippen molar-refractivity contribution in [3.63, 3.8) is 0 Å². The van der Waals surface area contributed by atoms with Gasteiger partial charge in [-0.1, -0.05) is 20.8 Å². The predicted molar refractivity (Wildman–Crippen MR) is 98.9 cm³/mol. The van der Waals surface area contributed by atoms with E-state index < -0.39 is 5.97 Å². The van der Waals surface area contributed by atoms with E-state index in [1.807, 2.05) is 11.8 Å². The summed E-state index contributed by atoms with van der Waals surface area (Å²) in [4.78, 5) is 31.1. The van der Waals surface area contributed by atoms with E-state index in [9.17, 15) is 9.59 Å². The minimum atomic E-state index is -0.973. The van der Waals surface area contributed by atoms with E-state index in [2.05, 4.69) is 30.9 Å². The van der Waals surface area contributed by atoms with Crippen molar-refractivity contribution in [1.29, 1.82) is 0 Å². The van der Waals surface area contributed by atoms with Gasteiger partial charge in [0.2, 0.25) is 0 Å². The molecule has 0 unspecified atom stereocenters. The molecule has 1 aliphatic rings. The maximum atomic E-state index is 12.9. The van der Waals surface area contributed by atoms with Crippen LogP contribution in [0, 0.1) is 6.92 Å². The number of carboxylic acids is 1. The minimum absolute atomic E-state index is 0.0423. The predicted octanol–water partition coefficient (Wildman–Crippen LogP) is 3.12. The fourth-order valence-electron chi connectivity index (χ4n) is 3.04. The van der Waals surface area contributed by atoms with Crippen LogP contribution < -0.4 is 0 Å². The largest absolute Gasteiger partial charge is 0.478 e. The van der Waals surface area contributed by atoms with Crippen LogP contribution in [0.3, 0.4) is 0 Å². The second-order valence-electron chi connectivity index (χ2n) is 7.72. The zero-order valence-electron chi connectivity index (χ0n) is 15.5. The van der Waals surface area contributed by atoms with Crippen molar-refractivity contribution in [2.75, 3.05) is 13.1 Å². The SMILES string of the molecule is Cc1nc(C(C)(C)C)sc1C(=O)N1CCC(n2cc(C(=O)O)cn2)CC1. The Morgan fingerprint density at radius 3 is 2.42 bits per heavy atom. The van der Waals surface area contributed by atoms with E-state index in [-0.39, 0.29) is 22.9 Å². The summed E-state index contributed by atoms with van der Waals surface area (Å²) in [6, 6.07) is 0.125. The molecule has 0 aliphatic carbocycles. The molecule has 26 heavy (non-hydrogen) atoms. The summed E-state index contributed by atoms with van der Waals surface area (Å²) >= 11 is 1.49. The molecule has 0 saturated carbocycles. The number of aromatic nitrogens is 3. The number of aromatic carboxylic acids is 1. The van der Waals surface area contributed by atoms with Crippen LogP contribution >= 0.6 is 11.3 Å². The lowest BCUT2D eigenvalue weighted by Gasteiger charge is -2.31. The molecule has 8 heteroatoms. The van der Waals surface area contributed by atoms with E-state index in [1.165, 1.54) is 17.5 Å². The van der Waals surface area contributed by atoms with Crippen molar-refractivity contribution < 1.29 is 14.7 Å². The molecule has 0 spiro atoms. The Kier molecular flexibility index (Phi) is 4.88. The van der Waals surface area contributed by atoms with Gasteiger partial charge in [0.05, 0.1) is 28.5 Å². The first kappa shape index (κ1) is 18.6. The normalized spacial score (nSPS) is 16.1. The van der Waals surface area contributed by atoms with Gasteiger partial charge in [-0.15, -0.1) is 11.3 Å². The minimum Gasteiger partial charge on any atom is -0.478 e. The third-order valence-corrected chi connectivity index (χ3v) is 6.18. The van der Waals surface area contributed by atoms with Crippen LogP contribution in [0.1, 0.15) is 70.4 Å². The average molecular weight is 376 g/mol. The Hall–Kier alpha value is -2.22. The molecule has 0 aromatic carbocycles. The number of hydrogen-bond acceptors (Lipinski definition) is 5. The van der Waals surface area contributed by atoms with E-state index in [0.717, 1.165) is 28.4 Å². The van der Waals surface area contributed by atoms with Crippen LogP contribution in [0.4, 0.5) is 0 Å². The molecular weight excluding hydrogens is 352 g/mol.